The molecule has 1 aliphatic carbocycles. The van der Waals surface area contributed by atoms with Crippen LogP contribution in [0, 0.1) is 0 Å². The van der Waals surface area contributed by atoms with Crippen molar-refractivity contribution in [3.8, 4) is 11.3 Å². The normalized spacial score (nSPS) is 12.6. The van der Waals surface area contributed by atoms with E-state index in [1.54, 1.807) is 0 Å². The summed E-state index contributed by atoms with van der Waals surface area (Å²) in [6.45, 7) is 13.6. The number of anilines is 1. The van der Waals surface area contributed by atoms with Crippen LogP contribution in [0.3, 0.4) is 0 Å². The first-order valence-electron chi connectivity index (χ1n) is 16.4. The average molecular weight is 591 g/mol. The zero-order valence-electron chi connectivity index (χ0n) is 27.1. The van der Waals surface area contributed by atoms with E-state index in [4.69, 9.17) is 0 Å². The summed E-state index contributed by atoms with van der Waals surface area (Å²) in [4.78, 5) is 2.41. The Bertz CT molecular complexity index is 1860. The minimum atomic E-state index is 0.792. The zero-order valence-corrected chi connectivity index (χ0v) is 27.1. The van der Waals surface area contributed by atoms with Gasteiger partial charge in [-0.2, -0.15) is 0 Å². The van der Waals surface area contributed by atoms with Crippen LogP contribution in [-0.2, 0) is 6.54 Å². The van der Waals surface area contributed by atoms with Gasteiger partial charge in [0.2, 0.25) is 0 Å². The average Bonchev–Trinajstić information content (AvgIpc) is 3.41. The Balaban J connectivity index is 1.67. The van der Waals surface area contributed by atoms with Gasteiger partial charge in [0.25, 0.3) is 0 Å². The summed E-state index contributed by atoms with van der Waals surface area (Å²) in [5.74, 6) is 0. The molecule has 6 rings (SSSR count). The topological polar surface area (TPSA) is 11.2 Å². The molecular formula is C42H44N3+. The second kappa shape index (κ2) is 13.8. The Kier molecular flexibility index (Phi) is 9.26. The second-order valence-corrected chi connectivity index (χ2v) is 11.5. The first kappa shape index (κ1) is 30.1. The van der Waals surface area contributed by atoms with Crippen molar-refractivity contribution >= 4 is 27.9 Å². The minimum absolute atomic E-state index is 0.792. The smallest absolute Gasteiger partial charge is 0.199 e. The molecule has 5 aromatic rings. The van der Waals surface area contributed by atoms with Crippen molar-refractivity contribution in [3.05, 3.63) is 156 Å². The van der Waals surface area contributed by atoms with Gasteiger partial charge in [0.15, 0.2) is 5.71 Å². The number of benzene rings is 4. The number of hydrogen-bond acceptors (Lipinski definition) is 1. The van der Waals surface area contributed by atoms with Crippen LogP contribution in [0.15, 0.2) is 139 Å². The third kappa shape index (κ3) is 6.08. The summed E-state index contributed by atoms with van der Waals surface area (Å²) in [7, 11) is 0. The lowest BCUT2D eigenvalue weighted by atomic mass is 9.87. The fourth-order valence-electron chi connectivity index (χ4n) is 6.69. The number of para-hydroxylation sites is 1. The fraction of sp³-hybridized carbons (Fsp3) is 0.214. The number of nitrogens with zero attached hydrogens (tertiary/aromatic N) is 3. The lowest BCUT2D eigenvalue weighted by Crippen LogP contribution is -2.21. The predicted molar refractivity (Wildman–Crippen MR) is 194 cm³/mol. The van der Waals surface area contributed by atoms with Gasteiger partial charge in [-0.3, -0.25) is 0 Å². The highest BCUT2D eigenvalue weighted by atomic mass is 15.1. The van der Waals surface area contributed by atoms with Crippen molar-refractivity contribution in [1.29, 1.82) is 0 Å². The summed E-state index contributed by atoms with van der Waals surface area (Å²) in [5.41, 5.74) is 12.5. The van der Waals surface area contributed by atoms with E-state index in [1.165, 1.54) is 61.4 Å². The lowest BCUT2D eigenvalue weighted by molar-refractivity contribution is -0.519. The van der Waals surface area contributed by atoms with Crippen molar-refractivity contribution < 1.29 is 4.58 Å². The van der Waals surface area contributed by atoms with E-state index in [9.17, 15) is 0 Å². The van der Waals surface area contributed by atoms with Gasteiger partial charge >= 0.3 is 0 Å². The van der Waals surface area contributed by atoms with Crippen molar-refractivity contribution in [1.82, 2.24) is 4.57 Å². The number of hydrogen-bond donors (Lipinski definition) is 0. The van der Waals surface area contributed by atoms with Crippen molar-refractivity contribution in [2.45, 2.75) is 34.2 Å². The molecule has 0 spiro atoms. The molecule has 0 N–H and O–H groups in total. The van der Waals surface area contributed by atoms with Crippen LogP contribution >= 0.6 is 0 Å². The van der Waals surface area contributed by atoms with E-state index < -0.39 is 0 Å². The summed E-state index contributed by atoms with van der Waals surface area (Å²) in [5, 5.41) is 1.27. The van der Waals surface area contributed by atoms with Gasteiger partial charge in [0.1, 0.15) is 13.1 Å². The van der Waals surface area contributed by atoms with E-state index in [0.717, 1.165) is 32.7 Å². The predicted octanol–water partition coefficient (Wildman–Crippen LogP) is 9.62. The summed E-state index contributed by atoms with van der Waals surface area (Å²) < 4.78 is 4.92. The Morgan fingerprint density at radius 2 is 1.24 bits per heavy atom. The quantitative estimate of drug-likeness (QED) is 0.147. The maximum atomic E-state index is 2.52. The lowest BCUT2D eigenvalue weighted by Gasteiger charge is -2.22. The zero-order chi connectivity index (χ0) is 31.2. The molecule has 0 atom stereocenters. The van der Waals surface area contributed by atoms with E-state index >= 15 is 0 Å². The Labute approximate surface area is 268 Å². The van der Waals surface area contributed by atoms with Crippen LogP contribution in [0.2, 0.25) is 0 Å². The largest absolute Gasteiger partial charge is 0.372 e. The molecule has 1 aliphatic rings. The van der Waals surface area contributed by atoms with E-state index in [1.807, 2.05) is 0 Å². The van der Waals surface area contributed by atoms with Crippen molar-refractivity contribution in [3.63, 3.8) is 0 Å². The first-order chi connectivity index (χ1) is 22.2. The second-order valence-electron chi connectivity index (χ2n) is 11.5. The number of rotatable bonds is 10. The van der Waals surface area contributed by atoms with Gasteiger partial charge in [-0.05, 0) is 85.9 Å². The number of allylic oxidation sites excluding steroid dienone is 5. The molecule has 1 heterocycles. The molecule has 45 heavy (non-hydrogen) atoms. The highest BCUT2D eigenvalue weighted by Crippen LogP contribution is 2.43. The molecule has 0 saturated carbocycles. The molecule has 3 nitrogen and oxygen atoms in total. The molecular weight excluding hydrogens is 546 g/mol. The Morgan fingerprint density at radius 1 is 0.644 bits per heavy atom. The highest BCUT2D eigenvalue weighted by Gasteiger charge is 2.25. The molecule has 1 aromatic heterocycles. The molecule has 4 aromatic carbocycles. The van der Waals surface area contributed by atoms with Gasteiger partial charge in [-0.15, -0.1) is 0 Å². The van der Waals surface area contributed by atoms with Crippen LogP contribution in [0.4, 0.5) is 5.69 Å². The van der Waals surface area contributed by atoms with Crippen molar-refractivity contribution in [2.24, 2.45) is 0 Å². The third-order valence-corrected chi connectivity index (χ3v) is 9.02. The molecule has 0 amide bonds. The van der Waals surface area contributed by atoms with E-state index in [-0.39, 0.29) is 0 Å². The van der Waals surface area contributed by atoms with Gasteiger partial charge < -0.3 is 9.47 Å². The van der Waals surface area contributed by atoms with Crippen LogP contribution in [0.5, 0.6) is 0 Å². The van der Waals surface area contributed by atoms with Crippen LogP contribution in [0.25, 0.3) is 27.7 Å². The summed E-state index contributed by atoms with van der Waals surface area (Å²) >= 11 is 0. The van der Waals surface area contributed by atoms with Crippen LogP contribution in [-0.4, -0.2) is 41.0 Å². The molecule has 226 valence electrons. The summed E-state index contributed by atoms with van der Waals surface area (Å²) in [6, 6.07) is 39.9. The Morgan fingerprint density at radius 3 is 1.87 bits per heavy atom. The van der Waals surface area contributed by atoms with Crippen molar-refractivity contribution in [2.75, 3.05) is 31.1 Å². The van der Waals surface area contributed by atoms with E-state index in [2.05, 4.69) is 175 Å². The maximum absolute atomic E-state index is 2.52. The molecule has 0 aliphatic heterocycles. The molecule has 0 unspecified atom stereocenters. The first-order valence-corrected chi connectivity index (χ1v) is 16.4. The van der Waals surface area contributed by atoms with Gasteiger partial charge in [-0.25, -0.2) is 4.58 Å². The van der Waals surface area contributed by atoms with Crippen LogP contribution in [0.1, 0.15) is 44.4 Å². The number of fused-ring (bicyclic) bond motifs is 1. The molecule has 3 heteroatoms. The molecule has 0 fully saturated rings. The van der Waals surface area contributed by atoms with Gasteiger partial charge in [0.05, 0.1) is 5.69 Å². The molecule has 0 radical (unpaired) electrons. The SMILES string of the molecule is CCN(CC)c1ccc(C(=C2C=CC(=[N+](CC)CC)C=C2)c2c(-c3ccccc3)n(Cc3ccccc3)c3ccccc23)cc1. The molecule has 0 bridgehead atoms. The molecule has 0 saturated heterocycles. The highest BCUT2D eigenvalue weighted by molar-refractivity contribution is 6.08. The Hall–Kier alpha value is -4.89. The maximum Gasteiger partial charge on any atom is 0.199 e. The van der Waals surface area contributed by atoms with E-state index in [0.29, 0.717) is 0 Å². The standard InChI is InChI=1S/C42H44N3/c1-5-43(6-2)36-27-23-33(24-28-36)40(34-25-29-37(30-26-34)44(7-3)8-4)41-38-21-15-16-22-39(38)45(31-32-17-11-9-12-18-32)42(41)35-19-13-10-14-20-35/h9-30H,5-8,31H2,1-4H3/q+1. The summed E-state index contributed by atoms with van der Waals surface area (Å²) in [6.07, 6.45) is 9.22. The monoisotopic (exact) mass is 590 g/mol. The van der Waals surface area contributed by atoms with Crippen LogP contribution < -0.4 is 4.90 Å². The van der Waals surface area contributed by atoms with Gasteiger partial charge in [0, 0.05) is 53.9 Å². The van der Waals surface area contributed by atoms with Gasteiger partial charge in [-0.1, -0.05) is 91.0 Å². The third-order valence-electron chi connectivity index (χ3n) is 9.02. The fourth-order valence-corrected chi connectivity index (χ4v) is 6.69. The minimum Gasteiger partial charge on any atom is -0.372 e. The number of aromatic nitrogens is 1.